The fourth-order valence-corrected chi connectivity index (χ4v) is 3.00. The number of carbonyl (C=O) groups excluding carboxylic acids is 2. The summed E-state index contributed by atoms with van der Waals surface area (Å²) in [4.78, 5) is 28.4. The summed E-state index contributed by atoms with van der Waals surface area (Å²) in [5.74, 6) is -0.405. The minimum absolute atomic E-state index is 0.0361. The maximum Gasteiger partial charge on any atom is 0.244 e. The molecule has 6 nitrogen and oxygen atoms in total. The van der Waals surface area contributed by atoms with Crippen LogP contribution in [0.3, 0.4) is 0 Å². The number of para-hydroxylation sites is 3. The zero-order chi connectivity index (χ0) is 18.4. The van der Waals surface area contributed by atoms with E-state index in [1.54, 1.807) is 0 Å². The van der Waals surface area contributed by atoms with Gasteiger partial charge in [-0.2, -0.15) is 0 Å². The van der Waals surface area contributed by atoms with E-state index in [4.69, 9.17) is 4.74 Å². The Balaban J connectivity index is 1.79. The van der Waals surface area contributed by atoms with Gasteiger partial charge in [-0.1, -0.05) is 30.3 Å². The molecule has 0 radical (unpaired) electrons. The molecule has 0 atom stereocenters. The average molecular weight is 353 g/mol. The smallest absolute Gasteiger partial charge is 0.244 e. The third-order valence-electron chi connectivity index (χ3n) is 4.26. The molecule has 2 amide bonds. The number of morpholine rings is 1. The van der Waals surface area contributed by atoms with Crippen LogP contribution in [-0.2, 0) is 14.3 Å². The first-order valence-electron chi connectivity index (χ1n) is 8.70. The van der Waals surface area contributed by atoms with E-state index in [1.165, 1.54) is 11.8 Å². The van der Waals surface area contributed by atoms with Crippen LogP contribution in [0.2, 0.25) is 0 Å². The monoisotopic (exact) mass is 353 g/mol. The standard InChI is InChI=1S/C20H23N3O3/c1-16(24)23(15-20(25)21-17-7-3-2-4-8-17)19-10-6-5-9-18(19)22-11-13-26-14-12-22/h2-10H,11-15H2,1H3,(H,21,25). The molecule has 2 aromatic carbocycles. The first-order chi connectivity index (χ1) is 12.6. The molecule has 0 spiro atoms. The van der Waals surface area contributed by atoms with Crippen molar-refractivity contribution in [1.29, 1.82) is 0 Å². The number of hydrogen-bond acceptors (Lipinski definition) is 4. The highest BCUT2D eigenvalue weighted by atomic mass is 16.5. The summed E-state index contributed by atoms with van der Waals surface area (Å²) in [7, 11) is 0. The number of ether oxygens (including phenoxy) is 1. The van der Waals surface area contributed by atoms with Crippen molar-refractivity contribution in [3.8, 4) is 0 Å². The lowest BCUT2D eigenvalue weighted by molar-refractivity contribution is -0.120. The van der Waals surface area contributed by atoms with Crippen molar-refractivity contribution in [2.45, 2.75) is 6.92 Å². The maximum absolute atomic E-state index is 12.4. The van der Waals surface area contributed by atoms with Gasteiger partial charge >= 0.3 is 0 Å². The zero-order valence-electron chi connectivity index (χ0n) is 14.9. The van der Waals surface area contributed by atoms with Gasteiger partial charge < -0.3 is 19.9 Å². The van der Waals surface area contributed by atoms with Gasteiger partial charge in [0.2, 0.25) is 11.8 Å². The number of rotatable bonds is 5. The topological polar surface area (TPSA) is 61.9 Å². The van der Waals surface area contributed by atoms with E-state index in [1.807, 2.05) is 54.6 Å². The van der Waals surface area contributed by atoms with Crippen LogP contribution in [0.5, 0.6) is 0 Å². The summed E-state index contributed by atoms with van der Waals surface area (Å²) in [6.07, 6.45) is 0. The quantitative estimate of drug-likeness (QED) is 0.897. The van der Waals surface area contributed by atoms with Crippen LogP contribution in [0.15, 0.2) is 54.6 Å². The first kappa shape index (κ1) is 17.9. The molecule has 0 aromatic heterocycles. The van der Waals surface area contributed by atoms with Crippen LogP contribution in [0.1, 0.15) is 6.92 Å². The van der Waals surface area contributed by atoms with Crippen molar-refractivity contribution >= 4 is 28.9 Å². The molecule has 0 saturated carbocycles. The Morgan fingerprint density at radius 1 is 1.04 bits per heavy atom. The molecule has 6 heteroatoms. The van der Waals surface area contributed by atoms with Crippen molar-refractivity contribution in [3.63, 3.8) is 0 Å². The van der Waals surface area contributed by atoms with Crippen molar-refractivity contribution in [2.24, 2.45) is 0 Å². The van der Waals surface area contributed by atoms with Gasteiger partial charge in [0.15, 0.2) is 0 Å². The SMILES string of the molecule is CC(=O)N(CC(=O)Nc1ccccc1)c1ccccc1N1CCOCC1. The second-order valence-electron chi connectivity index (χ2n) is 6.11. The lowest BCUT2D eigenvalue weighted by atomic mass is 10.2. The van der Waals surface area contributed by atoms with Crippen LogP contribution in [0.25, 0.3) is 0 Å². The molecule has 0 bridgehead atoms. The molecule has 1 N–H and O–H groups in total. The Hall–Kier alpha value is -2.86. The Bertz CT molecular complexity index is 758. The second-order valence-corrected chi connectivity index (χ2v) is 6.11. The number of carbonyl (C=O) groups is 2. The predicted octanol–water partition coefficient (Wildman–Crippen LogP) is 2.51. The van der Waals surface area contributed by atoms with E-state index in [-0.39, 0.29) is 18.4 Å². The molecule has 136 valence electrons. The van der Waals surface area contributed by atoms with Gasteiger partial charge in [0, 0.05) is 25.7 Å². The van der Waals surface area contributed by atoms with E-state index < -0.39 is 0 Å². The molecule has 0 aliphatic carbocycles. The maximum atomic E-state index is 12.4. The van der Waals surface area contributed by atoms with Crippen molar-refractivity contribution in [2.75, 3.05) is 48.0 Å². The Kier molecular flexibility index (Phi) is 5.86. The third-order valence-corrected chi connectivity index (χ3v) is 4.26. The van der Waals surface area contributed by atoms with Gasteiger partial charge in [-0.15, -0.1) is 0 Å². The Morgan fingerprint density at radius 3 is 2.38 bits per heavy atom. The highest BCUT2D eigenvalue weighted by Gasteiger charge is 2.22. The lowest BCUT2D eigenvalue weighted by Crippen LogP contribution is -2.40. The van der Waals surface area contributed by atoms with Gasteiger partial charge in [-0.25, -0.2) is 0 Å². The van der Waals surface area contributed by atoms with Crippen LogP contribution in [0, 0.1) is 0 Å². The molecule has 1 aliphatic heterocycles. The van der Waals surface area contributed by atoms with Crippen LogP contribution >= 0.6 is 0 Å². The van der Waals surface area contributed by atoms with Crippen LogP contribution < -0.4 is 15.1 Å². The predicted molar refractivity (Wildman–Crippen MR) is 103 cm³/mol. The molecule has 1 saturated heterocycles. The molecule has 1 aliphatic rings. The van der Waals surface area contributed by atoms with Crippen molar-refractivity contribution in [3.05, 3.63) is 54.6 Å². The summed E-state index contributed by atoms with van der Waals surface area (Å²) >= 11 is 0. The Morgan fingerprint density at radius 2 is 1.69 bits per heavy atom. The minimum Gasteiger partial charge on any atom is -0.378 e. The first-order valence-corrected chi connectivity index (χ1v) is 8.70. The molecular formula is C20H23N3O3. The van der Waals surface area contributed by atoms with Gasteiger partial charge in [-0.05, 0) is 24.3 Å². The normalized spacial score (nSPS) is 14.0. The number of anilines is 3. The number of benzene rings is 2. The molecule has 0 unspecified atom stereocenters. The fraction of sp³-hybridized carbons (Fsp3) is 0.300. The molecule has 26 heavy (non-hydrogen) atoms. The number of nitrogens with zero attached hydrogens (tertiary/aromatic N) is 2. The van der Waals surface area contributed by atoms with E-state index >= 15 is 0 Å². The molecule has 2 aromatic rings. The fourth-order valence-electron chi connectivity index (χ4n) is 3.00. The second kappa shape index (κ2) is 8.49. The molecule has 3 rings (SSSR count). The largest absolute Gasteiger partial charge is 0.378 e. The molecule has 1 heterocycles. The Labute approximate surface area is 153 Å². The van der Waals surface area contributed by atoms with Crippen LogP contribution in [-0.4, -0.2) is 44.7 Å². The summed E-state index contributed by atoms with van der Waals surface area (Å²) < 4.78 is 5.41. The van der Waals surface area contributed by atoms with Crippen molar-refractivity contribution in [1.82, 2.24) is 0 Å². The van der Waals surface area contributed by atoms with Gasteiger partial charge in [0.1, 0.15) is 6.54 Å². The zero-order valence-corrected chi connectivity index (χ0v) is 14.9. The van der Waals surface area contributed by atoms with E-state index in [0.717, 1.165) is 24.5 Å². The summed E-state index contributed by atoms with van der Waals surface area (Å²) in [6, 6.07) is 16.9. The highest BCUT2D eigenvalue weighted by molar-refractivity contribution is 6.03. The van der Waals surface area contributed by atoms with Gasteiger partial charge in [0.05, 0.1) is 24.6 Å². The van der Waals surface area contributed by atoms with E-state index in [2.05, 4.69) is 10.2 Å². The summed E-state index contributed by atoms with van der Waals surface area (Å²) in [5, 5.41) is 2.83. The number of nitrogens with one attached hydrogen (secondary N) is 1. The number of amides is 2. The summed E-state index contributed by atoms with van der Waals surface area (Å²) in [6.45, 7) is 4.28. The van der Waals surface area contributed by atoms with E-state index in [9.17, 15) is 9.59 Å². The average Bonchev–Trinajstić information content (AvgIpc) is 2.67. The van der Waals surface area contributed by atoms with Crippen LogP contribution in [0.4, 0.5) is 17.1 Å². The third kappa shape index (κ3) is 4.40. The highest BCUT2D eigenvalue weighted by Crippen LogP contribution is 2.30. The number of hydrogen-bond donors (Lipinski definition) is 1. The minimum atomic E-state index is -0.233. The van der Waals surface area contributed by atoms with Gasteiger partial charge in [-0.3, -0.25) is 9.59 Å². The summed E-state index contributed by atoms with van der Waals surface area (Å²) in [5.41, 5.74) is 2.39. The molecular weight excluding hydrogens is 330 g/mol. The van der Waals surface area contributed by atoms with Gasteiger partial charge in [0.25, 0.3) is 0 Å². The van der Waals surface area contributed by atoms with Crippen molar-refractivity contribution < 1.29 is 14.3 Å². The lowest BCUT2D eigenvalue weighted by Gasteiger charge is -2.33. The molecule has 1 fully saturated rings. The van der Waals surface area contributed by atoms with E-state index in [0.29, 0.717) is 18.9 Å².